The summed E-state index contributed by atoms with van der Waals surface area (Å²) >= 11 is 0. The summed E-state index contributed by atoms with van der Waals surface area (Å²) < 4.78 is 10.0. The predicted octanol–water partition coefficient (Wildman–Crippen LogP) is 6.68. The van der Waals surface area contributed by atoms with Gasteiger partial charge in [0.1, 0.15) is 0 Å². The maximum Gasteiger partial charge on any atom is 0.348 e. The lowest BCUT2D eigenvalue weighted by Crippen LogP contribution is -2.13. The molecule has 0 saturated carbocycles. The molecule has 0 radical (unpaired) electrons. The molecular formula is C36H38N4O6. The summed E-state index contributed by atoms with van der Waals surface area (Å²) in [5.74, 6) is -3.03. The van der Waals surface area contributed by atoms with E-state index >= 15 is 0 Å². The van der Waals surface area contributed by atoms with E-state index in [0.717, 1.165) is 52.3 Å². The van der Waals surface area contributed by atoms with Crippen LogP contribution in [0.2, 0.25) is 0 Å². The van der Waals surface area contributed by atoms with Crippen LogP contribution in [0.5, 0.6) is 0 Å². The average molecular weight is 623 g/mol. The van der Waals surface area contributed by atoms with Crippen molar-refractivity contribution in [1.29, 1.82) is 0 Å². The molecule has 0 spiro atoms. The molecule has 10 nitrogen and oxygen atoms in total. The maximum absolute atomic E-state index is 13.3. The molecule has 46 heavy (non-hydrogen) atoms. The SMILES string of the molecule is C=CC1=C(C)c2cc(C(C)C)nc(CCC(=O)OC(C)=O)c3c4[nH]c(cc5[nH]c(cc1n2)c(C)c5CC)c(C)c4C(=O)OC(=O)C3. The number of ether oxygens (including phenoxy) is 2. The number of allylic oxidation sites excluding steroid dienone is 3. The molecule has 0 aliphatic carbocycles. The normalized spacial score (nSPS) is 13.5. The summed E-state index contributed by atoms with van der Waals surface area (Å²) in [6.07, 6.45) is 2.15. The van der Waals surface area contributed by atoms with Crippen molar-refractivity contribution in [3.05, 3.63) is 81.4 Å². The van der Waals surface area contributed by atoms with Gasteiger partial charge in [-0.3, -0.25) is 19.4 Å². The summed E-state index contributed by atoms with van der Waals surface area (Å²) in [5.41, 5.74) is 10.6. The largest absolute Gasteiger partial charge is 0.393 e. The van der Waals surface area contributed by atoms with Crippen molar-refractivity contribution in [1.82, 2.24) is 19.9 Å². The van der Waals surface area contributed by atoms with Crippen LogP contribution in [0.25, 0.3) is 33.2 Å². The third kappa shape index (κ3) is 6.07. The highest BCUT2D eigenvalue weighted by molar-refractivity contribution is 6.09. The standard InChI is InChI=1S/C36H38N4O6/c1-9-22-18(5)27-14-26(17(3)4)37-25(11-12-32(42)45-21(8)41)24-13-33(43)46-36(44)34-20(7)29(40-35(24)34)16-31-23(10-2)19(6)28(39-31)15-30(22)38-27/h9,14-17,39-40H,1,10-13H2,2-8H3. The topological polar surface area (TPSA) is 144 Å². The number of hydrogen-bond acceptors (Lipinski definition) is 8. The van der Waals surface area contributed by atoms with Gasteiger partial charge in [-0.15, -0.1) is 0 Å². The van der Waals surface area contributed by atoms with Gasteiger partial charge in [-0.2, -0.15) is 0 Å². The first-order valence-electron chi connectivity index (χ1n) is 15.4. The number of hydrogen-bond donors (Lipinski definition) is 2. The zero-order valence-corrected chi connectivity index (χ0v) is 27.3. The van der Waals surface area contributed by atoms with Gasteiger partial charge in [0.2, 0.25) is 0 Å². The van der Waals surface area contributed by atoms with E-state index in [1.54, 1.807) is 13.0 Å². The monoisotopic (exact) mass is 622 g/mol. The van der Waals surface area contributed by atoms with Gasteiger partial charge in [0.15, 0.2) is 0 Å². The number of aromatic nitrogens is 4. The minimum atomic E-state index is -0.760. The second kappa shape index (κ2) is 12.7. The van der Waals surface area contributed by atoms with E-state index in [2.05, 4.69) is 30.4 Å². The number of nitrogens with one attached hydrogen (secondary N) is 2. The molecule has 2 N–H and O–H groups in total. The van der Waals surface area contributed by atoms with Crippen LogP contribution in [-0.4, -0.2) is 43.8 Å². The number of fused-ring (bicyclic) bond motifs is 5. The molecule has 0 unspecified atom stereocenters. The van der Waals surface area contributed by atoms with Crippen molar-refractivity contribution >= 4 is 57.1 Å². The van der Waals surface area contributed by atoms with E-state index in [1.165, 1.54) is 0 Å². The average Bonchev–Trinajstić information content (AvgIpc) is 3.54. The minimum Gasteiger partial charge on any atom is -0.393 e. The number of nitrogens with zero attached hydrogens (tertiary/aromatic N) is 2. The quantitative estimate of drug-likeness (QED) is 0.229. The predicted molar refractivity (Wildman–Crippen MR) is 176 cm³/mol. The van der Waals surface area contributed by atoms with Gasteiger partial charge in [-0.25, -0.2) is 9.78 Å². The van der Waals surface area contributed by atoms with Gasteiger partial charge in [0, 0.05) is 52.4 Å². The highest BCUT2D eigenvalue weighted by Gasteiger charge is 2.29. The molecule has 0 atom stereocenters. The lowest BCUT2D eigenvalue weighted by Gasteiger charge is -2.09. The number of aromatic amines is 2. The third-order valence-electron chi connectivity index (χ3n) is 8.52. The zero-order chi connectivity index (χ0) is 33.4. The van der Waals surface area contributed by atoms with E-state index < -0.39 is 23.9 Å². The Morgan fingerprint density at radius 1 is 1.02 bits per heavy atom. The fourth-order valence-corrected chi connectivity index (χ4v) is 6.03. The summed E-state index contributed by atoms with van der Waals surface area (Å²) in [7, 11) is 0. The molecule has 0 fully saturated rings. The smallest absolute Gasteiger partial charge is 0.348 e. The van der Waals surface area contributed by atoms with Crippen molar-refractivity contribution in [3.63, 3.8) is 0 Å². The number of carbonyl (C=O) groups is 4. The summed E-state index contributed by atoms with van der Waals surface area (Å²) in [5, 5.41) is 0. The highest BCUT2D eigenvalue weighted by Crippen LogP contribution is 2.34. The van der Waals surface area contributed by atoms with E-state index in [4.69, 9.17) is 19.4 Å². The lowest BCUT2D eigenvalue weighted by molar-refractivity contribution is -0.158. The summed E-state index contributed by atoms with van der Waals surface area (Å²) in [6.45, 7) is 17.1. The van der Waals surface area contributed by atoms with Crippen molar-refractivity contribution < 1.29 is 28.7 Å². The van der Waals surface area contributed by atoms with Crippen LogP contribution in [0.4, 0.5) is 0 Å². The molecule has 5 rings (SSSR count). The van der Waals surface area contributed by atoms with Gasteiger partial charge in [0.25, 0.3) is 0 Å². The Bertz CT molecular complexity index is 2030. The van der Waals surface area contributed by atoms with Gasteiger partial charge in [-0.05, 0) is 73.6 Å². The van der Waals surface area contributed by atoms with Crippen LogP contribution in [0.15, 0.2) is 30.9 Å². The second-order valence-electron chi connectivity index (χ2n) is 11.9. The Balaban J connectivity index is 2.00. The second-order valence-corrected chi connectivity index (χ2v) is 11.9. The van der Waals surface area contributed by atoms with Crippen LogP contribution in [0, 0.1) is 13.8 Å². The highest BCUT2D eigenvalue weighted by atomic mass is 16.6. The van der Waals surface area contributed by atoms with Crippen LogP contribution in [-0.2, 0) is 43.1 Å². The Morgan fingerprint density at radius 3 is 2.39 bits per heavy atom. The molecule has 6 bridgehead atoms. The first-order chi connectivity index (χ1) is 21.8. The van der Waals surface area contributed by atoms with Crippen LogP contribution < -0.4 is 0 Å². The van der Waals surface area contributed by atoms with E-state index in [1.807, 2.05) is 39.0 Å². The molecule has 2 aliphatic rings. The summed E-state index contributed by atoms with van der Waals surface area (Å²) in [4.78, 5) is 67.2. The molecule has 5 heterocycles. The van der Waals surface area contributed by atoms with Crippen LogP contribution in [0.1, 0.15) is 102 Å². The van der Waals surface area contributed by atoms with Crippen LogP contribution >= 0.6 is 0 Å². The van der Waals surface area contributed by atoms with Gasteiger partial charge < -0.3 is 19.4 Å². The third-order valence-corrected chi connectivity index (χ3v) is 8.52. The molecule has 3 aromatic rings. The van der Waals surface area contributed by atoms with E-state index in [-0.39, 0.29) is 30.7 Å². The number of rotatable bonds is 6. The molecule has 10 heteroatoms. The Labute approximate surface area is 267 Å². The van der Waals surface area contributed by atoms with E-state index in [9.17, 15) is 19.2 Å². The molecule has 0 saturated heterocycles. The number of aryl methyl sites for hydroxylation is 4. The van der Waals surface area contributed by atoms with Crippen LogP contribution in [0.3, 0.4) is 0 Å². The Hall–Kier alpha value is -5.12. The fourth-order valence-electron chi connectivity index (χ4n) is 6.03. The van der Waals surface area contributed by atoms with Crippen molar-refractivity contribution in [2.45, 2.75) is 80.1 Å². The van der Waals surface area contributed by atoms with Gasteiger partial charge in [0.05, 0.1) is 35.3 Å². The molecule has 3 aromatic heterocycles. The van der Waals surface area contributed by atoms with E-state index in [0.29, 0.717) is 39.2 Å². The molecule has 238 valence electrons. The Kier molecular flexibility index (Phi) is 8.92. The first-order valence-corrected chi connectivity index (χ1v) is 15.4. The van der Waals surface area contributed by atoms with Crippen molar-refractivity contribution in [2.75, 3.05) is 0 Å². The first kappa shape index (κ1) is 32.3. The zero-order valence-electron chi connectivity index (χ0n) is 27.3. The van der Waals surface area contributed by atoms with Crippen molar-refractivity contribution in [3.8, 4) is 0 Å². The molecular weight excluding hydrogens is 584 g/mol. The molecule has 0 amide bonds. The molecule has 0 aromatic carbocycles. The Morgan fingerprint density at radius 2 is 1.74 bits per heavy atom. The number of H-pyrrole nitrogens is 2. The summed E-state index contributed by atoms with van der Waals surface area (Å²) in [6, 6.07) is 5.88. The number of carbonyl (C=O) groups excluding carboxylic acids is 4. The molecule has 2 aliphatic heterocycles. The van der Waals surface area contributed by atoms with Crippen molar-refractivity contribution in [2.24, 2.45) is 0 Å². The van der Waals surface area contributed by atoms with Gasteiger partial charge >= 0.3 is 23.9 Å². The fraction of sp³-hybridized carbons (Fsp3) is 0.333. The number of cyclic esters (lactones) is 2. The minimum absolute atomic E-state index is 0.0348. The maximum atomic E-state index is 13.3. The lowest BCUT2D eigenvalue weighted by atomic mass is 10.0. The number of esters is 4. The van der Waals surface area contributed by atoms with Gasteiger partial charge in [-0.1, -0.05) is 33.4 Å².